The largest absolute Gasteiger partial charge is 0.465 e. The number of anilines is 1. The number of rotatable bonds is 5. The van der Waals surface area contributed by atoms with Crippen molar-refractivity contribution in [3.05, 3.63) is 29.3 Å². The Hall–Kier alpha value is -1.55. The summed E-state index contributed by atoms with van der Waals surface area (Å²) in [5.74, 6) is -0.347. The molecule has 4 nitrogen and oxygen atoms in total. The molecule has 1 aromatic rings. The van der Waals surface area contributed by atoms with E-state index >= 15 is 0 Å². The van der Waals surface area contributed by atoms with Crippen LogP contribution in [0.1, 0.15) is 48.5 Å². The molecule has 0 unspecified atom stereocenters. The Morgan fingerprint density at radius 1 is 1.40 bits per heavy atom. The van der Waals surface area contributed by atoms with Crippen LogP contribution in [0.15, 0.2) is 18.2 Å². The molecule has 110 valence electrons. The third-order valence-corrected chi connectivity index (χ3v) is 4.19. The molecule has 0 amide bonds. The summed E-state index contributed by atoms with van der Waals surface area (Å²) in [6.45, 7) is 3.92. The van der Waals surface area contributed by atoms with Gasteiger partial charge in [0.2, 0.25) is 0 Å². The maximum atomic E-state index is 11.9. The molecule has 1 aromatic carbocycles. The van der Waals surface area contributed by atoms with Gasteiger partial charge < -0.3 is 10.5 Å². The SMILES string of the molecule is CCN(Cc1cccc(N)c1C(=O)OC)C1CCCC1. The van der Waals surface area contributed by atoms with Crippen molar-refractivity contribution in [2.75, 3.05) is 19.4 Å². The predicted octanol–water partition coefficient (Wildman–Crippen LogP) is 2.82. The van der Waals surface area contributed by atoms with Gasteiger partial charge in [0.15, 0.2) is 0 Å². The Bertz CT molecular complexity index is 468. The number of ether oxygens (including phenoxy) is 1. The first-order chi connectivity index (χ1) is 9.67. The molecule has 2 N–H and O–H groups in total. The zero-order valence-electron chi connectivity index (χ0n) is 12.4. The van der Waals surface area contributed by atoms with Crippen molar-refractivity contribution in [2.24, 2.45) is 0 Å². The molecule has 0 aliphatic heterocycles. The third-order valence-electron chi connectivity index (χ3n) is 4.19. The highest BCUT2D eigenvalue weighted by Crippen LogP contribution is 2.26. The van der Waals surface area contributed by atoms with Crippen molar-refractivity contribution in [2.45, 2.75) is 45.2 Å². The fourth-order valence-electron chi connectivity index (χ4n) is 3.09. The number of carbonyl (C=O) groups is 1. The molecule has 0 aromatic heterocycles. The summed E-state index contributed by atoms with van der Waals surface area (Å²) in [7, 11) is 1.40. The van der Waals surface area contributed by atoms with E-state index in [1.54, 1.807) is 6.07 Å². The number of esters is 1. The molecule has 1 aliphatic carbocycles. The van der Waals surface area contributed by atoms with E-state index in [9.17, 15) is 4.79 Å². The second-order valence-corrected chi connectivity index (χ2v) is 5.37. The topological polar surface area (TPSA) is 55.6 Å². The summed E-state index contributed by atoms with van der Waals surface area (Å²) in [5, 5.41) is 0. The minimum absolute atomic E-state index is 0.347. The molecule has 1 aliphatic rings. The lowest BCUT2D eigenvalue weighted by molar-refractivity contribution is 0.0599. The van der Waals surface area contributed by atoms with Crippen LogP contribution < -0.4 is 5.73 Å². The van der Waals surface area contributed by atoms with E-state index in [-0.39, 0.29) is 5.97 Å². The van der Waals surface area contributed by atoms with Gasteiger partial charge in [-0.3, -0.25) is 4.90 Å². The Morgan fingerprint density at radius 2 is 2.10 bits per heavy atom. The minimum atomic E-state index is -0.347. The molecule has 0 atom stereocenters. The molecule has 4 heteroatoms. The van der Waals surface area contributed by atoms with Crippen LogP contribution in [0.2, 0.25) is 0 Å². The number of benzene rings is 1. The molecular weight excluding hydrogens is 252 g/mol. The first kappa shape index (κ1) is 14.9. The Labute approximate surface area is 120 Å². The average Bonchev–Trinajstić information content (AvgIpc) is 2.98. The second-order valence-electron chi connectivity index (χ2n) is 5.37. The van der Waals surface area contributed by atoms with Gasteiger partial charge in [-0.25, -0.2) is 4.79 Å². The smallest absolute Gasteiger partial charge is 0.340 e. The van der Waals surface area contributed by atoms with Crippen molar-refractivity contribution in [1.82, 2.24) is 4.90 Å². The van der Waals surface area contributed by atoms with Crippen LogP contribution in [0.4, 0.5) is 5.69 Å². The van der Waals surface area contributed by atoms with E-state index in [0.717, 1.165) is 18.7 Å². The average molecular weight is 276 g/mol. The number of nitrogens with zero attached hydrogens (tertiary/aromatic N) is 1. The van der Waals surface area contributed by atoms with Crippen LogP contribution in [0.25, 0.3) is 0 Å². The van der Waals surface area contributed by atoms with Gasteiger partial charge in [0, 0.05) is 18.3 Å². The van der Waals surface area contributed by atoms with Crippen molar-refractivity contribution >= 4 is 11.7 Å². The van der Waals surface area contributed by atoms with Crippen LogP contribution in [-0.4, -0.2) is 30.6 Å². The van der Waals surface area contributed by atoms with E-state index in [2.05, 4.69) is 11.8 Å². The Balaban J connectivity index is 2.23. The van der Waals surface area contributed by atoms with Crippen molar-refractivity contribution in [3.8, 4) is 0 Å². The molecule has 1 fully saturated rings. The van der Waals surface area contributed by atoms with Crippen LogP contribution in [0, 0.1) is 0 Å². The first-order valence-electron chi connectivity index (χ1n) is 7.37. The van der Waals surface area contributed by atoms with Gasteiger partial charge in [-0.1, -0.05) is 31.9 Å². The molecule has 0 radical (unpaired) electrons. The monoisotopic (exact) mass is 276 g/mol. The van der Waals surface area contributed by atoms with Gasteiger partial charge >= 0.3 is 5.97 Å². The molecule has 1 saturated carbocycles. The highest BCUT2D eigenvalue weighted by atomic mass is 16.5. The quantitative estimate of drug-likeness (QED) is 0.663. The van der Waals surface area contributed by atoms with Gasteiger partial charge in [-0.2, -0.15) is 0 Å². The molecule has 0 heterocycles. The normalized spacial score (nSPS) is 15.8. The fourth-order valence-corrected chi connectivity index (χ4v) is 3.09. The number of carbonyl (C=O) groups excluding carboxylic acids is 1. The van der Waals surface area contributed by atoms with Crippen molar-refractivity contribution < 1.29 is 9.53 Å². The van der Waals surface area contributed by atoms with Crippen LogP contribution in [0.3, 0.4) is 0 Å². The van der Waals surface area contributed by atoms with Crippen molar-refractivity contribution in [1.29, 1.82) is 0 Å². The summed E-state index contributed by atoms with van der Waals surface area (Å²) >= 11 is 0. The number of hydrogen-bond donors (Lipinski definition) is 1. The maximum Gasteiger partial charge on any atom is 0.340 e. The first-order valence-corrected chi connectivity index (χ1v) is 7.37. The highest BCUT2D eigenvalue weighted by Gasteiger charge is 2.23. The molecule has 0 spiro atoms. The van der Waals surface area contributed by atoms with Crippen LogP contribution in [-0.2, 0) is 11.3 Å². The third kappa shape index (κ3) is 3.12. The lowest BCUT2D eigenvalue weighted by Crippen LogP contribution is -2.33. The summed E-state index contributed by atoms with van der Waals surface area (Å²) in [6.07, 6.45) is 5.12. The Morgan fingerprint density at radius 3 is 2.70 bits per heavy atom. The summed E-state index contributed by atoms with van der Waals surface area (Å²) in [5.41, 5.74) is 7.93. The number of nitrogens with two attached hydrogens (primary N) is 1. The van der Waals surface area contributed by atoms with Gasteiger partial charge in [0.05, 0.1) is 12.7 Å². The second kappa shape index (κ2) is 6.75. The Kier molecular flexibility index (Phi) is 5.01. The number of methoxy groups -OCH3 is 1. The minimum Gasteiger partial charge on any atom is -0.465 e. The van der Waals surface area contributed by atoms with Gasteiger partial charge in [-0.05, 0) is 31.0 Å². The molecule has 0 saturated heterocycles. The lowest BCUT2D eigenvalue weighted by atomic mass is 10.0. The number of nitrogen functional groups attached to an aromatic ring is 1. The molecule has 2 rings (SSSR count). The lowest BCUT2D eigenvalue weighted by Gasteiger charge is -2.28. The zero-order chi connectivity index (χ0) is 14.5. The molecule has 0 bridgehead atoms. The van der Waals surface area contributed by atoms with E-state index in [4.69, 9.17) is 10.5 Å². The van der Waals surface area contributed by atoms with Gasteiger partial charge in [0.25, 0.3) is 0 Å². The van der Waals surface area contributed by atoms with Gasteiger partial charge in [-0.15, -0.1) is 0 Å². The predicted molar refractivity (Wildman–Crippen MR) is 80.5 cm³/mol. The van der Waals surface area contributed by atoms with E-state index in [0.29, 0.717) is 17.3 Å². The summed E-state index contributed by atoms with van der Waals surface area (Å²) in [6, 6.07) is 6.26. The van der Waals surface area contributed by atoms with Crippen molar-refractivity contribution in [3.63, 3.8) is 0 Å². The maximum absolute atomic E-state index is 11.9. The molecular formula is C16H24N2O2. The highest BCUT2D eigenvalue weighted by molar-refractivity contribution is 5.96. The summed E-state index contributed by atoms with van der Waals surface area (Å²) < 4.78 is 4.86. The van der Waals surface area contributed by atoms with E-state index < -0.39 is 0 Å². The van der Waals surface area contributed by atoms with E-state index in [1.165, 1.54) is 32.8 Å². The van der Waals surface area contributed by atoms with E-state index in [1.807, 2.05) is 12.1 Å². The zero-order valence-corrected chi connectivity index (χ0v) is 12.4. The standard InChI is InChI=1S/C16H24N2O2/c1-3-18(13-8-4-5-9-13)11-12-7-6-10-14(17)15(12)16(19)20-2/h6-7,10,13H,3-5,8-9,11,17H2,1-2H3. The van der Waals surface area contributed by atoms with Crippen LogP contribution in [0.5, 0.6) is 0 Å². The summed E-state index contributed by atoms with van der Waals surface area (Å²) in [4.78, 5) is 14.4. The van der Waals surface area contributed by atoms with Gasteiger partial charge in [0.1, 0.15) is 0 Å². The molecule has 20 heavy (non-hydrogen) atoms. The van der Waals surface area contributed by atoms with Crippen LogP contribution >= 0.6 is 0 Å². The fraction of sp³-hybridized carbons (Fsp3) is 0.562. The number of hydrogen-bond acceptors (Lipinski definition) is 4.